The summed E-state index contributed by atoms with van der Waals surface area (Å²) < 4.78 is 5.27. The van der Waals surface area contributed by atoms with Crippen molar-refractivity contribution in [2.75, 3.05) is 7.11 Å². The Morgan fingerprint density at radius 3 is 1.89 bits per heavy atom. The third-order valence-corrected chi connectivity index (χ3v) is 3.11. The number of hydrogen-bond donors (Lipinski definition) is 0. The molecule has 2 aromatic rings. The summed E-state index contributed by atoms with van der Waals surface area (Å²) in [7, 11) is 1.71. The van der Waals surface area contributed by atoms with Crippen LogP contribution >= 0.6 is 0 Å². The van der Waals surface area contributed by atoms with Crippen molar-refractivity contribution < 1.29 is 9.53 Å². The molecule has 0 saturated carbocycles. The van der Waals surface area contributed by atoms with Crippen LogP contribution in [0.4, 0.5) is 0 Å². The molecule has 1 atom stereocenters. The predicted molar refractivity (Wildman–Crippen MR) is 72.7 cm³/mol. The molecular formula is C16H16O2. The zero-order valence-corrected chi connectivity index (χ0v) is 10.6. The van der Waals surface area contributed by atoms with E-state index in [4.69, 9.17) is 4.74 Å². The predicted octanol–water partition coefficient (Wildman–Crippen LogP) is 3.87. The molecule has 0 amide bonds. The highest BCUT2D eigenvalue weighted by Crippen LogP contribution is 2.23. The molecule has 18 heavy (non-hydrogen) atoms. The lowest BCUT2D eigenvalue weighted by atomic mass is 10.0. The molecule has 1 unspecified atom stereocenters. The number of benzene rings is 2. The topological polar surface area (TPSA) is 26.3 Å². The standard InChI is InChI=1S/C16H16O2/c1-12(18-2)14-7-9-16(10-8-14)15-5-3-13(11-17)4-6-15/h3-12H,1-2H3. The summed E-state index contributed by atoms with van der Waals surface area (Å²) >= 11 is 0. The molecule has 2 nitrogen and oxygen atoms in total. The van der Waals surface area contributed by atoms with E-state index in [0.717, 1.165) is 23.0 Å². The molecule has 0 fully saturated rings. The van der Waals surface area contributed by atoms with E-state index in [0.29, 0.717) is 5.56 Å². The molecule has 92 valence electrons. The zero-order valence-electron chi connectivity index (χ0n) is 10.6. The molecule has 2 aromatic carbocycles. The molecule has 0 aliphatic carbocycles. The minimum atomic E-state index is 0.108. The first kappa shape index (κ1) is 12.5. The van der Waals surface area contributed by atoms with Gasteiger partial charge in [-0.15, -0.1) is 0 Å². The van der Waals surface area contributed by atoms with Gasteiger partial charge < -0.3 is 4.74 Å². The average Bonchev–Trinajstić information content (AvgIpc) is 2.47. The Morgan fingerprint density at radius 2 is 1.44 bits per heavy atom. The van der Waals surface area contributed by atoms with Gasteiger partial charge in [-0.05, 0) is 23.6 Å². The Balaban J connectivity index is 2.25. The van der Waals surface area contributed by atoms with Gasteiger partial charge in [0.15, 0.2) is 0 Å². The first-order chi connectivity index (χ1) is 8.74. The monoisotopic (exact) mass is 240 g/mol. The van der Waals surface area contributed by atoms with Gasteiger partial charge in [0.05, 0.1) is 6.10 Å². The molecule has 0 saturated heterocycles. The van der Waals surface area contributed by atoms with Gasteiger partial charge in [-0.1, -0.05) is 48.5 Å². The van der Waals surface area contributed by atoms with Gasteiger partial charge >= 0.3 is 0 Å². The smallest absolute Gasteiger partial charge is 0.150 e. The molecule has 0 N–H and O–H groups in total. The maximum absolute atomic E-state index is 10.6. The summed E-state index contributed by atoms with van der Waals surface area (Å²) in [6.07, 6.45) is 0.962. The van der Waals surface area contributed by atoms with E-state index in [1.165, 1.54) is 0 Å². The van der Waals surface area contributed by atoms with E-state index >= 15 is 0 Å². The summed E-state index contributed by atoms with van der Waals surface area (Å²) in [4.78, 5) is 10.6. The van der Waals surface area contributed by atoms with Crippen molar-refractivity contribution >= 4 is 6.29 Å². The summed E-state index contributed by atoms with van der Waals surface area (Å²) in [6.45, 7) is 2.02. The highest BCUT2D eigenvalue weighted by atomic mass is 16.5. The van der Waals surface area contributed by atoms with Gasteiger partial charge in [-0.3, -0.25) is 4.79 Å². The molecule has 0 aliphatic heterocycles. The Labute approximate surface area is 107 Å². The van der Waals surface area contributed by atoms with Crippen LogP contribution in [0.1, 0.15) is 28.9 Å². The Kier molecular flexibility index (Phi) is 3.90. The molecule has 0 bridgehead atoms. The third kappa shape index (κ3) is 2.66. The number of methoxy groups -OCH3 is 1. The van der Waals surface area contributed by atoms with Gasteiger partial charge in [-0.25, -0.2) is 0 Å². The normalized spacial score (nSPS) is 12.1. The highest BCUT2D eigenvalue weighted by molar-refractivity contribution is 5.76. The van der Waals surface area contributed by atoms with Crippen LogP contribution in [0, 0.1) is 0 Å². The van der Waals surface area contributed by atoms with Crippen molar-refractivity contribution in [1.82, 2.24) is 0 Å². The van der Waals surface area contributed by atoms with E-state index in [2.05, 4.69) is 24.3 Å². The van der Waals surface area contributed by atoms with Crippen LogP contribution in [-0.4, -0.2) is 13.4 Å². The van der Waals surface area contributed by atoms with E-state index in [9.17, 15) is 4.79 Å². The van der Waals surface area contributed by atoms with Gasteiger partial charge in [0.2, 0.25) is 0 Å². The van der Waals surface area contributed by atoms with Crippen LogP contribution in [0.3, 0.4) is 0 Å². The number of carbonyl (C=O) groups excluding carboxylic acids is 1. The quantitative estimate of drug-likeness (QED) is 0.758. The van der Waals surface area contributed by atoms with Crippen LogP contribution < -0.4 is 0 Å². The minimum Gasteiger partial charge on any atom is -0.377 e. The van der Waals surface area contributed by atoms with Crippen molar-refractivity contribution in [3.8, 4) is 11.1 Å². The van der Waals surface area contributed by atoms with Crippen LogP contribution in [-0.2, 0) is 4.74 Å². The van der Waals surface area contributed by atoms with E-state index in [-0.39, 0.29) is 6.10 Å². The summed E-state index contributed by atoms with van der Waals surface area (Å²) in [6, 6.07) is 15.8. The van der Waals surface area contributed by atoms with Crippen molar-refractivity contribution in [1.29, 1.82) is 0 Å². The molecule has 2 rings (SSSR count). The third-order valence-electron chi connectivity index (χ3n) is 3.11. The lowest BCUT2D eigenvalue weighted by Gasteiger charge is -2.10. The molecule has 0 aromatic heterocycles. The second kappa shape index (κ2) is 5.61. The highest BCUT2D eigenvalue weighted by Gasteiger charge is 2.04. The van der Waals surface area contributed by atoms with E-state index in [1.54, 1.807) is 7.11 Å². The lowest BCUT2D eigenvalue weighted by molar-refractivity contribution is 0.112. The fourth-order valence-corrected chi connectivity index (χ4v) is 1.84. The average molecular weight is 240 g/mol. The number of carbonyl (C=O) groups is 1. The SMILES string of the molecule is COC(C)c1ccc(-c2ccc(C=O)cc2)cc1. The van der Waals surface area contributed by atoms with Crippen LogP contribution in [0.2, 0.25) is 0 Å². The lowest BCUT2D eigenvalue weighted by Crippen LogP contribution is -1.94. The van der Waals surface area contributed by atoms with Crippen molar-refractivity contribution in [3.05, 3.63) is 59.7 Å². The Hall–Kier alpha value is -1.93. The summed E-state index contributed by atoms with van der Waals surface area (Å²) in [5.74, 6) is 0. The maximum atomic E-state index is 10.6. The Morgan fingerprint density at radius 1 is 0.944 bits per heavy atom. The zero-order chi connectivity index (χ0) is 13.0. The summed E-state index contributed by atoms with van der Waals surface area (Å²) in [5.41, 5.74) is 4.10. The number of rotatable bonds is 4. The Bertz CT molecular complexity index is 512. The first-order valence-corrected chi connectivity index (χ1v) is 5.93. The second-order valence-electron chi connectivity index (χ2n) is 4.24. The number of hydrogen-bond acceptors (Lipinski definition) is 2. The first-order valence-electron chi connectivity index (χ1n) is 5.93. The molecule has 0 aliphatic rings. The van der Waals surface area contributed by atoms with Crippen LogP contribution in [0.5, 0.6) is 0 Å². The number of aldehydes is 1. The van der Waals surface area contributed by atoms with E-state index < -0.39 is 0 Å². The maximum Gasteiger partial charge on any atom is 0.150 e. The molecule has 0 radical (unpaired) electrons. The van der Waals surface area contributed by atoms with Crippen LogP contribution in [0.15, 0.2) is 48.5 Å². The second-order valence-corrected chi connectivity index (χ2v) is 4.24. The molecular weight excluding hydrogens is 224 g/mol. The number of ether oxygens (including phenoxy) is 1. The molecule has 0 spiro atoms. The van der Waals surface area contributed by atoms with Crippen molar-refractivity contribution in [3.63, 3.8) is 0 Å². The summed E-state index contributed by atoms with van der Waals surface area (Å²) in [5, 5.41) is 0. The van der Waals surface area contributed by atoms with E-state index in [1.807, 2.05) is 31.2 Å². The van der Waals surface area contributed by atoms with Gasteiger partial charge in [0.1, 0.15) is 6.29 Å². The van der Waals surface area contributed by atoms with Crippen LogP contribution in [0.25, 0.3) is 11.1 Å². The van der Waals surface area contributed by atoms with Gasteiger partial charge in [0.25, 0.3) is 0 Å². The minimum absolute atomic E-state index is 0.108. The fraction of sp³-hybridized carbons (Fsp3) is 0.188. The fourth-order valence-electron chi connectivity index (χ4n) is 1.84. The van der Waals surface area contributed by atoms with Crippen molar-refractivity contribution in [2.45, 2.75) is 13.0 Å². The molecule has 2 heteroatoms. The molecule has 0 heterocycles. The van der Waals surface area contributed by atoms with Gasteiger partial charge in [0, 0.05) is 12.7 Å². The largest absolute Gasteiger partial charge is 0.377 e. The van der Waals surface area contributed by atoms with Gasteiger partial charge in [-0.2, -0.15) is 0 Å². The van der Waals surface area contributed by atoms with Crippen molar-refractivity contribution in [2.24, 2.45) is 0 Å².